The van der Waals surface area contributed by atoms with Crippen molar-refractivity contribution < 1.29 is 4.79 Å². The molecule has 0 spiro atoms. The number of hydrogen-bond donors (Lipinski definition) is 0. The van der Waals surface area contributed by atoms with E-state index in [2.05, 4.69) is 27.9 Å². The van der Waals surface area contributed by atoms with Crippen molar-refractivity contribution >= 4 is 17.5 Å². The van der Waals surface area contributed by atoms with Gasteiger partial charge in [-0.1, -0.05) is 23.9 Å². The molecule has 2 aromatic rings. The van der Waals surface area contributed by atoms with Crippen molar-refractivity contribution in [1.82, 2.24) is 19.3 Å². The first-order chi connectivity index (χ1) is 11.0. The van der Waals surface area contributed by atoms with Crippen molar-refractivity contribution in [3.8, 4) is 0 Å². The Hall–Kier alpha value is -2.08. The Kier molecular flexibility index (Phi) is 5.60. The van der Waals surface area contributed by atoms with Crippen molar-refractivity contribution in [2.75, 3.05) is 5.75 Å². The standard InChI is InChI=1S/C17H22N4OS/c1-6-8-20-12(3)10-15(13(20)4)16(22)11-23-17-19-18-14(5)21(17)9-7-2/h6-7,10H,1-2,8-9,11H2,3-5H3. The molecule has 0 N–H and O–H groups in total. The fraction of sp³-hybridized carbons (Fsp3) is 0.353. The Morgan fingerprint density at radius 1 is 1.17 bits per heavy atom. The maximum absolute atomic E-state index is 12.5. The molecule has 0 saturated carbocycles. The lowest BCUT2D eigenvalue weighted by molar-refractivity contribution is 0.102. The van der Waals surface area contributed by atoms with E-state index < -0.39 is 0 Å². The lowest BCUT2D eigenvalue weighted by Crippen LogP contribution is -2.07. The van der Waals surface area contributed by atoms with Crippen LogP contribution in [0.4, 0.5) is 0 Å². The van der Waals surface area contributed by atoms with Gasteiger partial charge >= 0.3 is 0 Å². The van der Waals surface area contributed by atoms with Gasteiger partial charge < -0.3 is 9.13 Å². The molecule has 5 nitrogen and oxygen atoms in total. The van der Waals surface area contributed by atoms with Gasteiger partial charge in [-0.2, -0.15) is 0 Å². The van der Waals surface area contributed by atoms with Gasteiger partial charge in [0.05, 0.1) is 5.75 Å². The highest BCUT2D eigenvalue weighted by Crippen LogP contribution is 2.21. The van der Waals surface area contributed by atoms with Gasteiger partial charge in [-0.05, 0) is 26.8 Å². The quantitative estimate of drug-likeness (QED) is 0.423. The van der Waals surface area contributed by atoms with E-state index in [1.807, 2.05) is 37.5 Å². The van der Waals surface area contributed by atoms with Crippen LogP contribution in [-0.4, -0.2) is 30.9 Å². The zero-order valence-corrected chi connectivity index (χ0v) is 14.7. The molecule has 2 aromatic heterocycles. The highest BCUT2D eigenvalue weighted by molar-refractivity contribution is 7.99. The van der Waals surface area contributed by atoms with Gasteiger partial charge in [0.25, 0.3) is 0 Å². The Balaban J connectivity index is 2.13. The minimum atomic E-state index is 0.101. The molecular weight excluding hydrogens is 308 g/mol. The maximum Gasteiger partial charge on any atom is 0.191 e. The molecule has 122 valence electrons. The van der Waals surface area contributed by atoms with Crippen molar-refractivity contribution in [2.45, 2.75) is 39.0 Å². The molecule has 0 aliphatic rings. The van der Waals surface area contributed by atoms with E-state index in [1.54, 1.807) is 6.08 Å². The van der Waals surface area contributed by atoms with Crippen LogP contribution in [0.3, 0.4) is 0 Å². The number of carbonyl (C=O) groups excluding carboxylic acids is 1. The van der Waals surface area contributed by atoms with Crippen molar-refractivity contribution in [1.29, 1.82) is 0 Å². The minimum absolute atomic E-state index is 0.101. The fourth-order valence-corrected chi connectivity index (χ4v) is 3.39. The van der Waals surface area contributed by atoms with E-state index in [0.29, 0.717) is 18.8 Å². The fourth-order valence-electron chi connectivity index (χ4n) is 2.51. The number of rotatable bonds is 8. The van der Waals surface area contributed by atoms with Crippen LogP contribution < -0.4 is 0 Å². The number of hydrogen-bond acceptors (Lipinski definition) is 4. The normalized spacial score (nSPS) is 10.7. The second kappa shape index (κ2) is 7.46. The molecule has 0 fully saturated rings. The predicted octanol–water partition coefficient (Wildman–Crippen LogP) is 3.35. The van der Waals surface area contributed by atoms with Crippen molar-refractivity contribution in [2.24, 2.45) is 0 Å². The average molecular weight is 330 g/mol. The lowest BCUT2D eigenvalue weighted by atomic mass is 10.2. The molecule has 0 aliphatic carbocycles. The van der Waals surface area contributed by atoms with Gasteiger partial charge in [-0.3, -0.25) is 4.79 Å². The highest BCUT2D eigenvalue weighted by atomic mass is 32.2. The van der Waals surface area contributed by atoms with Crippen LogP contribution in [-0.2, 0) is 13.1 Å². The summed E-state index contributed by atoms with van der Waals surface area (Å²) in [6.07, 6.45) is 3.63. The summed E-state index contributed by atoms with van der Waals surface area (Å²) in [6, 6.07) is 1.95. The number of nitrogens with zero attached hydrogens (tertiary/aromatic N) is 4. The van der Waals surface area contributed by atoms with Crippen LogP contribution in [0.1, 0.15) is 27.6 Å². The monoisotopic (exact) mass is 330 g/mol. The topological polar surface area (TPSA) is 52.7 Å². The van der Waals surface area contributed by atoms with Gasteiger partial charge in [0.1, 0.15) is 5.82 Å². The smallest absolute Gasteiger partial charge is 0.191 e. The first-order valence-corrected chi connectivity index (χ1v) is 8.42. The van der Waals surface area contributed by atoms with Gasteiger partial charge in [0.15, 0.2) is 10.9 Å². The molecule has 6 heteroatoms. The van der Waals surface area contributed by atoms with E-state index in [-0.39, 0.29) is 5.78 Å². The molecule has 0 atom stereocenters. The Morgan fingerprint density at radius 3 is 2.48 bits per heavy atom. The molecule has 0 radical (unpaired) electrons. The zero-order chi connectivity index (χ0) is 17.0. The highest BCUT2D eigenvalue weighted by Gasteiger charge is 2.17. The van der Waals surface area contributed by atoms with Gasteiger partial charge in [-0.25, -0.2) is 0 Å². The van der Waals surface area contributed by atoms with E-state index >= 15 is 0 Å². The number of ketones is 1. The second-order valence-electron chi connectivity index (χ2n) is 5.33. The van der Waals surface area contributed by atoms with Crippen molar-refractivity contribution in [3.63, 3.8) is 0 Å². The first kappa shape index (κ1) is 17.3. The maximum atomic E-state index is 12.5. The zero-order valence-electron chi connectivity index (χ0n) is 13.9. The summed E-state index contributed by atoms with van der Waals surface area (Å²) in [4.78, 5) is 12.5. The number of thioether (sulfide) groups is 1. The largest absolute Gasteiger partial charge is 0.345 e. The Bertz CT molecular complexity index is 742. The predicted molar refractivity (Wildman–Crippen MR) is 94.1 cm³/mol. The summed E-state index contributed by atoms with van der Waals surface area (Å²) in [5.41, 5.74) is 2.82. The van der Waals surface area contributed by atoms with E-state index in [1.165, 1.54) is 11.8 Å². The van der Waals surface area contributed by atoms with Crippen LogP contribution in [0, 0.1) is 20.8 Å². The van der Waals surface area contributed by atoms with E-state index in [4.69, 9.17) is 0 Å². The molecular formula is C17H22N4OS. The Morgan fingerprint density at radius 2 is 1.83 bits per heavy atom. The number of Topliss-reactive ketones (excluding diaryl/α,β-unsaturated/α-hetero) is 1. The van der Waals surface area contributed by atoms with Crippen LogP contribution in [0.5, 0.6) is 0 Å². The summed E-state index contributed by atoms with van der Waals surface area (Å²) in [5.74, 6) is 1.27. The second-order valence-corrected chi connectivity index (χ2v) is 6.27. The Labute approximate surface area is 141 Å². The van der Waals surface area contributed by atoms with Crippen LogP contribution in [0.25, 0.3) is 0 Å². The number of carbonyl (C=O) groups is 1. The summed E-state index contributed by atoms with van der Waals surface area (Å²) in [7, 11) is 0. The lowest BCUT2D eigenvalue weighted by Gasteiger charge is -2.07. The van der Waals surface area contributed by atoms with E-state index in [9.17, 15) is 4.79 Å². The SMILES string of the molecule is C=CCn1c(C)nnc1SCC(=O)c1cc(C)n(CC=C)c1C. The summed E-state index contributed by atoms with van der Waals surface area (Å²) in [6.45, 7) is 14.7. The number of allylic oxidation sites excluding steroid dienone is 2. The molecule has 2 rings (SSSR count). The van der Waals surface area contributed by atoms with Gasteiger partial charge in [0, 0.05) is 30.0 Å². The summed E-state index contributed by atoms with van der Waals surface area (Å²) in [5, 5.41) is 8.94. The third-order valence-electron chi connectivity index (χ3n) is 3.73. The summed E-state index contributed by atoms with van der Waals surface area (Å²) < 4.78 is 4.04. The number of aryl methyl sites for hydroxylation is 2. The van der Waals surface area contributed by atoms with Gasteiger partial charge in [-0.15, -0.1) is 23.4 Å². The third-order valence-corrected chi connectivity index (χ3v) is 4.70. The molecule has 0 saturated heterocycles. The molecule has 0 bridgehead atoms. The molecule has 2 heterocycles. The summed E-state index contributed by atoms with van der Waals surface area (Å²) >= 11 is 1.41. The van der Waals surface area contributed by atoms with Gasteiger partial charge in [0.2, 0.25) is 0 Å². The van der Waals surface area contributed by atoms with Crippen LogP contribution in [0.15, 0.2) is 36.5 Å². The first-order valence-electron chi connectivity index (χ1n) is 7.43. The van der Waals surface area contributed by atoms with Crippen LogP contribution >= 0.6 is 11.8 Å². The van der Waals surface area contributed by atoms with Crippen molar-refractivity contribution in [3.05, 3.63) is 54.2 Å². The number of aromatic nitrogens is 4. The molecule has 0 aromatic carbocycles. The molecule has 23 heavy (non-hydrogen) atoms. The molecule has 0 aliphatic heterocycles. The molecule has 0 amide bonds. The van der Waals surface area contributed by atoms with Crippen LogP contribution in [0.2, 0.25) is 0 Å². The average Bonchev–Trinajstić information content (AvgIpc) is 3.01. The van der Waals surface area contributed by atoms with E-state index in [0.717, 1.165) is 27.9 Å². The third kappa shape index (κ3) is 3.64. The minimum Gasteiger partial charge on any atom is -0.345 e. The molecule has 0 unspecified atom stereocenters.